The highest BCUT2D eigenvalue weighted by Gasteiger charge is 2.62. The van der Waals surface area contributed by atoms with Crippen molar-refractivity contribution in [2.75, 3.05) is 20.2 Å². The molecule has 48 heavy (non-hydrogen) atoms. The van der Waals surface area contributed by atoms with Gasteiger partial charge >= 0.3 is 5.97 Å². The van der Waals surface area contributed by atoms with Crippen LogP contribution in [0.2, 0.25) is 5.02 Å². The van der Waals surface area contributed by atoms with Crippen LogP contribution in [-0.4, -0.2) is 58.6 Å². The Morgan fingerprint density at radius 2 is 1.69 bits per heavy atom. The summed E-state index contributed by atoms with van der Waals surface area (Å²) in [4.78, 5) is 34.3. The normalized spacial score (nSPS) is 27.4. The minimum Gasteiger partial charge on any atom is -0.492 e. The van der Waals surface area contributed by atoms with E-state index in [1.165, 1.54) is 25.7 Å². The molecule has 258 valence electrons. The molecule has 0 spiro atoms. The van der Waals surface area contributed by atoms with E-state index in [1.807, 2.05) is 36.4 Å². The molecule has 1 unspecified atom stereocenters. The second kappa shape index (κ2) is 15.0. The second-order valence-electron chi connectivity index (χ2n) is 14.3. The fourth-order valence-corrected chi connectivity index (χ4v) is 9.43. The highest BCUT2D eigenvalue weighted by atomic mass is 35.5. The monoisotopic (exact) mass is 713 g/mol. The number of likely N-dealkylation sites (tertiary alicyclic amines) is 1. The molecule has 1 aromatic heterocycles. The number of nitrogens with zero attached hydrogens (tertiary/aromatic N) is 2. The maximum absolute atomic E-state index is 14.0. The lowest BCUT2D eigenvalue weighted by Crippen LogP contribution is -2.70. The van der Waals surface area contributed by atoms with Gasteiger partial charge in [-0.2, -0.15) is 0 Å². The molecule has 5 fully saturated rings. The van der Waals surface area contributed by atoms with Crippen molar-refractivity contribution in [2.45, 2.75) is 76.3 Å². The molecule has 1 saturated heterocycles. The Kier molecular flexibility index (Phi) is 11.4. The number of aliphatic carboxylic acids is 1. The molecule has 4 saturated carbocycles. The fourth-order valence-electron chi connectivity index (χ4n) is 9.26. The lowest BCUT2D eigenvalue weighted by molar-refractivity contribution is -0.163. The van der Waals surface area contributed by atoms with Gasteiger partial charge in [-0.25, -0.2) is 9.78 Å². The summed E-state index contributed by atoms with van der Waals surface area (Å²) in [6.45, 7) is 3.73. The van der Waals surface area contributed by atoms with Crippen molar-refractivity contribution < 1.29 is 19.4 Å². The second-order valence-corrected chi connectivity index (χ2v) is 14.7. The number of ether oxygens (including phenoxy) is 1. The third-order valence-corrected chi connectivity index (χ3v) is 11.8. The Morgan fingerprint density at radius 3 is 2.35 bits per heavy atom. The zero-order valence-corrected chi connectivity index (χ0v) is 30.0. The largest absolute Gasteiger partial charge is 0.492 e. The maximum atomic E-state index is 14.0. The highest BCUT2D eigenvalue weighted by Crippen LogP contribution is 2.58. The van der Waals surface area contributed by atoms with Crippen LogP contribution in [0.4, 0.5) is 0 Å². The summed E-state index contributed by atoms with van der Waals surface area (Å²) in [6.07, 6.45) is 9.28. The number of carbonyl (C=O) groups is 2. The van der Waals surface area contributed by atoms with Crippen LogP contribution in [0.1, 0.15) is 73.8 Å². The van der Waals surface area contributed by atoms with Gasteiger partial charge < -0.3 is 20.1 Å². The summed E-state index contributed by atoms with van der Waals surface area (Å²) >= 11 is 6.64. The number of hydrogen-bond donors (Lipinski definition) is 2. The molecular weight excluding hydrogens is 669 g/mol. The molecule has 1 amide bonds. The van der Waals surface area contributed by atoms with Crippen molar-refractivity contribution in [1.82, 2.24) is 15.2 Å². The van der Waals surface area contributed by atoms with Crippen molar-refractivity contribution in [3.63, 3.8) is 0 Å². The molecule has 5 aliphatic rings. The number of aryl methyl sites for hydroxylation is 1. The Labute approximate surface area is 301 Å². The predicted molar refractivity (Wildman–Crippen MR) is 195 cm³/mol. The standard InChI is InChI=1S/C38H44ClN3O4.2ClH/c1-23-7-3-4-9-30(23)31-11-13-33(36(43)41-38(37(44)45)27-18-24-17-25(20-27)21-28(38)19-24)40-35(31)26-10-12-32(39)34(22-26)46-16-14-29-8-5-6-15-42(29)2;;/h3-4,7,9-13,22,24-25,27-29H,5-6,8,14-21H2,1-2H3,(H,41,43)(H,44,45);2*1H. The van der Waals surface area contributed by atoms with E-state index < -0.39 is 17.4 Å². The van der Waals surface area contributed by atoms with Crippen LogP contribution in [0.25, 0.3) is 22.4 Å². The van der Waals surface area contributed by atoms with E-state index in [0.29, 0.717) is 41.0 Å². The van der Waals surface area contributed by atoms with Crippen LogP contribution < -0.4 is 10.1 Å². The van der Waals surface area contributed by atoms with E-state index in [4.69, 9.17) is 21.3 Å². The van der Waals surface area contributed by atoms with Crippen LogP contribution in [0.5, 0.6) is 5.75 Å². The first kappa shape index (κ1) is 36.4. The molecule has 1 aliphatic heterocycles. The number of hydrogen-bond acceptors (Lipinski definition) is 5. The van der Waals surface area contributed by atoms with E-state index in [2.05, 4.69) is 36.3 Å². The number of piperidine rings is 1. The van der Waals surface area contributed by atoms with E-state index in [-0.39, 0.29) is 42.3 Å². The predicted octanol–water partition coefficient (Wildman–Crippen LogP) is 8.48. The number of halogens is 3. The van der Waals surface area contributed by atoms with Crippen molar-refractivity contribution in [3.8, 4) is 28.1 Å². The first-order valence-electron chi connectivity index (χ1n) is 17.0. The van der Waals surface area contributed by atoms with Crippen LogP contribution in [-0.2, 0) is 4.79 Å². The smallest absolute Gasteiger partial charge is 0.330 e. The number of pyridine rings is 1. The van der Waals surface area contributed by atoms with Crippen LogP contribution in [0.15, 0.2) is 54.6 Å². The minimum atomic E-state index is -1.24. The van der Waals surface area contributed by atoms with Gasteiger partial charge in [0.15, 0.2) is 0 Å². The summed E-state index contributed by atoms with van der Waals surface area (Å²) < 4.78 is 6.26. The Bertz CT molecular complexity index is 1620. The lowest BCUT2D eigenvalue weighted by atomic mass is 9.48. The van der Waals surface area contributed by atoms with Crippen LogP contribution >= 0.6 is 36.4 Å². The number of carbonyl (C=O) groups excluding carboxylic acids is 1. The van der Waals surface area contributed by atoms with Crippen LogP contribution in [0, 0.1) is 30.6 Å². The Morgan fingerprint density at radius 1 is 0.979 bits per heavy atom. The van der Waals surface area contributed by atoms with Gasteiger partial charge in [0.25, 0.3) is 5.91 Å². The van der Waals surface area contributed by atoms with E-state index in [9.17, 15) is 14.7 Å². The number of benzene rings is 2. The average Bonchev–Trinajstić information content (AvgIpc) is 3.04. The first-order valence-corrected chi connectivity index (χ1v) is 17.4. The van der Waals surface area contributed by atoms with E-state index >= 15 is 0 Å². The van der Waals surface area contributed by atoms with Gasteiger partial charge in [0, 0.05) is 17.2 Å². The van der Waals surface area contributed by atoms with Gasteiger partial charge in [-0.05, 0) is 131 Å². The van der Waals surface area contributed by atoms with Gasteiger partial charge in [-0.15, -0.1) is 24.8 Å². The number of aromatic nitrogens is 1. The third-order valence-electron chi connectivity index (χ3n) is 11.5. The Balaban J connectivity index is 0.00000225. The average molecular weight is 715 g/mol. The van der Waals surface area contributed by atoms with Gasteiger partial charge in [0.2, 0.25) is 0 Å². The van der Waals surface area contributed by atoms with E-state index in [1.54, 1.807) is 6.07 Å². The molecule has 0 radical (unpaired) electrons. The topological polar surface area (TPSA) is 91.8 Å². The summed E-state index contributed by atoms with van der Waals surface area (Å²) in [7, 11) is 2.18. The highest BCUT2D eigenvalue weighted by molar-refractivity contribution is 6.32. The van der Waals surface area contributed by atoms with Crippen LogP contribution in [0.3, 0.4) is 0 Å². The third kappa shape index (κ3) is 6.81. The summed E-state index contributed by atoms with van der Waals surface area (Å²) in [6, 6.07) is 17.9. The van der Waals surface area contributed by atoms with Gasteiger partial charge in [-0.3, -0.25) is 4.79 Å². The number of carboxylic acid groups (broad SMARTS) is 1. The molecule has 3 aromatic rings. The zero-order chi connectivity index (χ0) is 32.0. The number of rotatable bonds is 9. The molecule has 4 bridgehead atoms. The van der Waals surface area contributed by atoms with Gasteiger partial charge in [0.1, 0.15) is 17.0 Å². The lowest BCUT2D eigenvalue weighted by Gasteiger charge is -2.59. The summed E-state index contributed by atoms with van der Waals surface area (Å²) in [5.41, 5.74) is 3.36. The molecule has 7 nitrogen and oxygen atoms in total. The fraction of sp³-hybridized carbons (Fsp3) is 0.500. The summed E-state index contributed by atoms with van der Waals surface area (Å²) in [5.74, 6) is 0.314. The molecule has 8 rings (SSSR count). The number of carboxylic acids is 1. The maximum Gasteiger partial charge on any atom is 0.330 e. The van der Waals surface area contributed by atoms with Crippen molar-refractivity contribution in [2.24, 2.45) is 23.7 Å². The van der Waals surface area contributed by atoms with Crippen molar-refractivity contribution in [3.05, 3.63) is 70.9 Å². The van der Waals surface area contributed by atoms with Crippen molar-refractivity contribution >= 4 is 48.3 Å². The molecule has 2 heterocycles. The summed E-state index contributed by atoms with van der Waals surface area (Å²) in [5, 5.41) is 14.2. The molecule has 2 aromatic carbocycles. The SMILES string of the molecule is Cc1ccccc1-c1ccc(C(=O)NC2(C(=O)O)C3CC4CC(C3)CC2C4)nc1-c1ccc(Cl)c(OCCC2CCCCN2C)c1.Cl.Cl. The molecule has 1 atom stereocenters. The molecule has 4 aliphatic carbocycles. The first-order chi connectivity index (χ1) is 22.2. The number of amides is 1. The minimum absolute atomic E-state index is 0. The molecular formula is C38H46Cl3N3O4. The van der Waals surface area contributed by atoms with E-state index in [0.717, 1.165) is 60.9 Å². The zero-order valence-electron chi connectivity index (χ0n) is 27.6. The molecule has 2 N–H and O–H groups in total. The molecule has 10 heteroatoms. The van der Waals surface area contributed by atoms with Gasteiger partial charge in [-0.1, -0.05) is 48.4 Å². The Hall–Kier alpha value is -2.84. The van der Waals surface area contributed by atoms with Crippen molar-refractivity contribution in [1.29, 1.82) is 0 Å². The quantitative estimate of drug-likeness (QED) is 0.231. The van der Waals surface area contributed by atoms with Gasteiger partial charge in [0.05, 0.1) is 17.3 Å². The number of nitrogens with one attached hydrogen (secondary N) is 1.